The van der Waals surface area contributed by atoms with Gasteiger partial charge in [-0.2, -0.15) is 0 Å². The van der Waals surface area contributed by atoms with E-state index in [9.17, 15) is 0 Å². The van der Waals surface area contributed by atoms with Crippen molar-refractivity contribution in [3.05, 3.63) is 30.3 Å². The molecule has 0 aromatic carbocycles. The first-order valence-electron chi connectivity index (χ1n) is 5.95. The molecule has 0 bridgehead atoms. The summed E-state index contributed by atoms with van der Waals surface area (Å²) in [6.07, 6.45) is 3.58. The lowest BCUT2D eigenvalue weighted by atomic mass is 10.3. The molecule has 0 saturated heterocycles. The van der Waals surface area contributed by atoms with E-state index in [1.807, 2.05) is 38.1 Å². The molecule has 5 heteroatoms. The number of aryl methyl sites for hydroxylation is 1. The number of rotatable bonds is 5. The second kappa shape index (κ2) is 5.64. The Morgan fingerprint density at radius 3 is 2.56 bits per heavy atom. The van der Waals surface area contributed by atoms with Crippen LogP contribution in [-0.4, -0.2) is 37.2 Å². The fourth-order valence-electron chi connectivity index (χ4n) is 1.61. The summed E-state index contributed by atoms with van der Waals surface area (Å²) in [5.41, 5.74) is 0.897. The van der Waals surface area contributed by atoms with Crippen molar-refractivity contribution in [2.24, 2.45) is 0 Å². The highest BCUT2D eigenvalue weighted by molar-refractivity contribution is 5.55. The van der Waals surface area contributed by atoms with Crippen LogP contribution in [0.3, 0.4) is 0 Å². The van der Waals surface area contributed by atoms with Gasteiger partial charge in [0.05, 0.1) is 5.56 Å². The van der Waals surface area contributed by atoms with E-state index in [0.29, 0.717) is 0 Å². The van der Waals surface area contributed by atoms with Crippen molar-refractivity contribution in [3.63, 3.8) is 0 Å². The lowest BCUT2D eigenvalue weighted by molar-refractivity contribution is 0.548. The van der Waals surface area contributed by atoms with Crippen LogP contribution in [0.4, 0.5) is 5.95 Å². The van der Waals surface area contributed by atoms with Gasteiger partial charge in [-0.15, -0.1) is 0 Å². The quantitative estimate of drug-likeness (QED) is 0.870. The molecule has 0 amide bonds. The van der Waals surface area contributed by atoms with Crippen molar-refractivity contribution in [1.29, 1.82) is 0 Å². The minimum Gasteiger partial charge on any atom is -0.461 e. The van der Waals surface area contributed by atoms with E-state index in [1.165, 1.54) is 0 Å². The average Bonchev–Trinajstić information content (AvgIpc) is 2.83. The summed E-state index contributed by atoms with van der Waals surface area (Å²) in [6.45, 7) is 3.69. The predicted octanol–water partition coefficient (Wildman–Crippen LogP) is 1.70. The molecular formula is C13H18N4O. The number of aromatic nitrogens is 2. The molecule has 0 unspecified atom stereocenters. The van der Waals surface area contributed by atoms with Crippen LogP contribution in [0.25, 0.3) is 11.3 Å². The van der Waals surface area contributed by atoms with Gasteiger partial charge in [-0.05, 0) is 26.1 Å². The molecule has 2 heterocycles. The average molecular weight is 246 g/mol. The van der Waals surface area contributed by atoms with Crippen molar-refractivity contribution in [2.45, 2.75) is 6.92 Å². The van der Waals surface area contributed by atoms with Gasteiger partial charge in [-0.1, -0.05) is 0 Å². The molecular weight excluding hydrogens is 228 g/mol. The van der Waals surface area contributed by atoms with Crippen LogP contribution in [0.15, 0.2) is 28.9 Å². The standard InChI is InChI=1S/C13H18N4O/c1-10-4-5-12(18-10)11-8-15-13(16-9-11)17(3)7-6-14-2/h4-5,8-9,14H,6-7H2,1-3H3. The van der Waals surface area contributed by atoms with E-state index in [2.05, 4.69) is 15.3 Å². The van der Waals surface area contributed by atoms with E-state index in [1.54, 1.807) is 12.4 Å². The van der Waals surface area contributed by atoms with Crippen LogP contribution in [0.1, 0.15) is 5.76 Å². The number of hydrogen-bond donors (Lipinski definition) is 1. The fourth-order valence-corrected chi connectivity index (χ4v) is 1.61. The van der Waals surface area contributed by atoms with Crippen molar-refractivity contribution >= 4 is 5.95 Å². The van der Waals surface area contributed by atoms with Gasteiger partial charge in [0.2, 0.25) is 5.95 Å². The summed E-state index contributed by atoms with van der Waals surface area (Å²) in [4.78, 5) is 10.7. The number of hydrogen-bond acceptors (Lipinski definition) is 5. The summed E-state index contributed by atoms with van der Waals surface area (Å²) in [5, 5.41) is 3.10. The molecule has 2 aromatic rings. The van der Waals surface area contributed by atoms with Gasteiger partial charge in [-0.25, -0.2) is 9.97 Å². The molecule has 5 nitrogen and oxygen atoms in total. The van der Waals surface area contributed by atoms with E-state index in [-0.39, 0.29) is 0 Å². The number of furan rings is 1. The number of anilines is 1. The van der Waals surface area contributed by atoms with Gasteiger partial charge >= 0.3 is 0 Å². The third-order valence-electron chi connectivity index (χ3n) is 2.70. The van der Waals surface area contributed by atoms with E-state index < -0.39 is 0 Å². The Hall–Kier alpha value is -1.88. The SMILES string of the molecule is CNCCN(C)c1ncc(-c2ccc(C)o2)cn1. The molecule has 0 aliphatic rings. The molecule has 18 heavy (non-hydrogen) atoms. The summed E-state index contributed by atoms with van der Waals surface area (Å²) >= 11 is 0. The summed E-state index contributed by atoms with van der Waals surface area (Å²) in [7, 11) is 3.90. The van der Waals surface area contributed by atoms with Crippen molar-refractivity contribution in [1.82, 2.24) is 15.3 Å². The van der Waals surface area contributed by atoms with Crippen LogP contribution in [0.5, 0.6) is 0 Å². The summed E-state index contributed by atoms with van der Waals surface area (Å²) in [6, 6.07) is 3.86. The van der Waals surface area contributed by atoms with E-state index >= 15 is 0 Å². The monoisotopic (exact) mass is 246 g/mol. The maximum absolute atomic E-state index is 5.53. The predicted molar refractivity (Wildman–Crippen MR) is 71.7 cm³/mol. The molecule has 96 valence electrons. The maximum Gasteiger partial charge on any atom is 0.225 e. The Bertz CT molecular complexity index is 492. The third-order valence-corrected chi connectivity index (χ3v) is 2.70. The Labute approximate surface area is 107 Å². The topological polar surface area (TPSA) is 54.2 Å². The van der Waals surface area contributed by atoms with Crippen molar-refractivity contribution in [2.75, 3.05) is 32.1 Å². The van der Waals surface area contributed by atoms with Gasteiger partial charge < -0.3 is 14.6 Å². The van der Waals surface area contributed by atoms with Crippen molar-refractivity contribution < 1.29 is 4.42 Å². The first kappa shape index (κ1) is 12.6. The lowest BCUT2D eigenvalue weighted by Crippen LogP contribution is -2.28. The minimum atomic E-state index is 0.720. The molecule has 0 aliphatic carbocycles. The molecule has 2 aromatic heterocycles. The highest BCUT2D eigenvalue weighted by atomic mass is 16.3. The highest BCUT2D eigenvalue weighted by Crippen LogP contribution is 2.20. The zero-order valence-electron chi connectivity index (χ0n) is 11.0. The Morgan fingerprint density at radius 1 is 1.28 bits per heavy atom. The zero-order chi connectivity index (χ0) is 13.0. The molecule has 0 spiro atoms. The van der Waals surface area contributed by atoms with Crippen LogP contribution >= 0.6 is 0 Å². The molecule has 0 atom stereocenters. The van der Waals surface area contributed by atoms with Crippen LogP contribution in [0, 0.1) is 6.92 Å². The third kappa shape index (κ3) is 2.87. The van der Waals surface area contributed by atoms with E-state index in [4.69, 9.17) is 4.42 Å². The first-order chi connectivity index (χ1) is 8.70. The van der Waals surface area contributed by atoms with Gasteiger partial charge in [0, 0.05) is 32.5 Å². The Balaban J connectivity index is 2.10. The minimum absolute atomic E-state index is 0.720. The number of nitrogens with zero attached hydrogens (tertiary/aromatic N) is 3. The molecule has 0 saturated carbocycles. The summed E-state index contributed by atoms with van der Waals surface area (Å²) in [5.74, 6) is 2.41. The normalized spacial score (nSPS) is 10.6. The van der Waals surface area contributed by atoms with Gasteiger partial charge in [-0.3, -0.25) is 0 Å². The van der Waals surface area contributed by atoms with Crippen LogP contribution < -0.4 is 10.2 Å². The molecule has 0 aliphatic heterocycles. The van der Waals surface area contributed by atoms with Gasteiger partial charge in [0.1, 0.15) is 11.5 Å². The number of likely N-dealkylation sites (N-methyl/N-ethyl adjacent to an activating group) is 2. The molecule has 1 N–H and O–H groups in total. The number of nitrogens with one attached hydrogen (secondary N) is 1. The molecule has 2 rings (SSSR count). The summed E-state index contributed by atoms with van der Waals surface area (Å²) < 4.78 is 5.53. The fraction of sp³-hybridized carbons (Fsp3) is 0.385. The second-order valence-electron chi connectivity index (χ2n) is 4.21. The second-order valence-corrected chi connectivity index (χ2v) is 4.21. The van der Waals surface area contributed by atoms with Crippen molar-refractivity contribution in [3.8, 4) is 11.3 Å². The highest BCUT2D eigenvalue weighted by Gasteiger charge is 2.06. The Kier molecular flexibility index (Phi) is 3.94. The van der Waals surface area contributed by atoms with Gasteiger partial charge in [0.25, 0.3) is 0 Å². The van der Waals surface area contributed by atoms with Crippen LogP contribution in [-0.2, 0) is 0 Å². The zero-order valence-corrected chi connectivity index (χ0v) is 11.0. The van der Waals surface area contributed by atoms with Gasteiger partial charge in [0.15, 0.2) is 0 Å². The lowest BCUT2D eigenvalue weighted by Gasteiger charge is -2.16. The first-order valence-corrected chi connectivity index (χ1v) is 5.95. The largest absolute Gasteiger partial charge is 0.461 e. The maximum atomic E-state index is 5.53. The molecule has 0 radical (unpaired) electrons. The molecule has 0 fully saturated rings. The van der Waals surface area contributed by atoms with Crippen LogP contribution in [0.2, 0.25) is 0 Å². The Morgan fingerprint density at radius 2 is 2.00 bits per heavy atom. The van der Waals surface area contributed by atoms with E-state index in [0.717, 1.165) is 36.1 Å². The smallest absolute Gasteiger partial charge is 0.225 e.